The van der Waals surface area contributed by atoms with Crippen molar-refractivity contribution in [2.75, 3.05) is 5.32 Å². The molecule has 0 aliphatic heterocycles. The third kappa shape index (κ3) is 2.16. The van der Waals surface area contributed by atoms with Gasteiger partial charge >= 0.3 is 0 Å². The largest absolute Gasteiger partial charge is 0.367 e. The maximum atomic E-state index is 4.75. The SMILES string of the molecule is Cc1cc2c(NC3CC3)nc(-c3ccccc3)nc2s1. The van der Waals surface area contributed by atoms with Gasteiger partial charge in [-0.1, -0.05) is 30.3 Å². The van der Waals surface area contributed by atoms with Crippen LogP contribution in [0.5, 0.6) is 0 Å². The van der Waals surface area contributed by atoms with Crippen molar-refractivity contribution >= 4 is 27.4 Å². The van der Waals surface area contributed by atoms with Gasteiger partial charge in [0.1, 0.15) is 10.6 Å². The molecule has 2 heterocycles. The maximum Gasteiger partial charge on any atom is 0.163 e. The second-order valence-corrected chi connectivity index (χ2v) is 6.49. The molecular formula is C16H15N3S. The summed E-state index contributed by atoms with van der Waals surface area (Å²) in [4.78, 5) is 11.8. The molecule has 0 saturated heterocycles. The molecule has 3 nitrogen and oxygen atoms in total. The Balaban J connectivity index is 1.89. The molecule has 0 amide bonds. The molecule has 1 saturated carbocycles. The summed E-state index contributed by atoms with van der Waals surface area (Å²) < 4.78 is 0. The molecule has 0 radical (unpaired) electrons. The monoisotopic (exact) mass is 281 g/mol. The third-order valence-electron chi connectivity index (χ3n) is 3.47. The number of fused-ring (bicyclic) bond motifs is 1. The van der Waals surface area contributed by atoms with E-state index in [1.165, 1.54) is 17.7 Å². The summed E-state index contributed by atoms with van der Waals surface area (Å²) in [6, 6.07) is 13.0. The van der Waals surface area contributed by atoms with Crippen molar-refractivity contribution in [3.05, 3.63) is 41.3 Å². The predicted molar refractivity (Wildman–Crippen MR) is 84.2 cm³/mol. The van der Waals surface area contributed by atoms with E-state index < -0.39 is 0 Å². The van der Waals surface area contributed by atoms with Crippen LogP contribution in [0.15, 0.2) is 36.4 Å². The number of rotatable bonds is 3. The van der Waals surface area contributed by atoms with Crippen LogP contribution in [0, 0.1) is 6.92 Å². The summed E-state index contributed by atoms with van der Waals surface area (Å²) in [5, 5.41) is 4.69. The summed E-state index contributed by atoms with van der Waals surface area (Å²) in [5.41, 5.74) is 1.07. The van der Waals surface area contributed by atoms with Gasteiger partial charge in [-0.2, -0.15) is 0 Å². The van der Waals surface area contributed by atoms with Gasteiger partial charge in [-0.25, -0.2) is 9.97 Å². The Morgan fingerprint density at radius 3 is 2.70 bits per heavy atom. The molecule has 4 rings (SSSR count). The van der Waals surface area contributed by atoms with Crippen LogP contribution in [0.3, 0.4) is 0 Å². The van der Waals surface area contributed by atoms with Crippen LogP contribution in [0.4, 0.5) is 5.82 Å². The molecule has 1 aromatic carbocycles. The minimum atomic E-state index is 0.594. The highest BCUT2D eigenvalue weighted by Gasteiger charge is 2.23. The molecule has 0 bridgehead atoms. The quantitative estimate of drug-likeness (QED) is 0.780. The minimum Gasteiger partial charge on any atom is -0.367 e. The number of hydrogen-bond donors (Lipinski definition) is 1. The fraction of sp³-hybridized carbons (Fsp3) is 0.250. The molecule has 1 aliphatic rings. The van der Waals surface area contributed by atoms with Crippen molar-refractivity contribution in [3.63, 3.8) is 0 Å². The van der Waals surface area contributed by atoms with Gasteiger partial charge in [0.05, 0.1) is 5.39 Å². The average molecular weight is 281 g/mol. The molecule has 0 atom stereocenters. The number of aryl methyl sites for hydroxylation is 1. The number of anilines is 1. The highest BCUT2D eigenvalue weighted by molar-refractivity contribution is 7.18. The van der Waals surface area contributed by atoms with Gasteiger partial charge in [-0.15, -0.1) is 11.3 Å². The number of benzene rings is 1. The molecule has 100 valence electrons. The molecule has 0 spiro atoms. The van der Waals surface area contributed by atoms with Crippen LogP contribution >= 0.6 is 11.3 Å². The molecule has 0 unspecified atom stereocenters. The number of nitrogens with one attached hydrogen (secondary N) is 1. The van der Waals surface area contributed by atoms with Crippen LogP contribution in [-0.2, 0) is 0 Å². The molecule has 3 aromatic rings. The van der Waals surface area contributed by atoms with Gasteiger partial charge in [-0.05, 0) is 25.8 Å². The summed E-state index contributed by atoms with van der Waals surface area (Å²) in [5.74, 6) is 1.80. The lowest BCUT2D eigenvalue weighted by Gasteiger charge is -2.07. The van der Waals surface area contributed by atoms with Gasteiger partial charge in [0.15, 0.2) is 5.82 Å². The first kappa shape index (κ1) is 11.9. The van der Waals surface area contributed by atoms with Gasteiger partial charge in [0, 0.05) is 16.5 Å². The first-order chi connectivity index (χ1) is 9.79. The summed E-state index contributed by atoms with van der Waals surface area (Å²) in [7, 11) is 0. The Morgan fingerprint density at radius 1 is 1.15 bits per heavy atom. The van der Waals surface area contributed by atoms with Crippen molar-refractivity contribution in [3.8, 4) is 11.4 Å². The van der Waals surface area contributed by atoms with Crippen LogP contribution in [0.25, 0.3) is 21.6 Å². The van der Waals surface area contributed by atoms with E-state index in [1.807, 2.05) is 18.2 Å². The van der Waals surface area contributed by atoms with Crippen molar-refractivity contribution in [1.29, 1.82) is 0 Å². The molecule has 20 heavy (non-hydrogen) atoms. The zero-order valence-corrected chi connectivity index (χ0v) is 12.1. The van der Waals surface area contributed by atoms with Crippen molar-refractivity contribution in [2.24, 2.45) is 0 Å². The molecular weight excluding hydrogens is 266 g/mol. The zero-order chi connectivity index (χ0) is 13.5. The van der Waals surface area contributed by atoms with Gasteiger partial charge < -0.3 is 5.32 Å². The summed E-state index contributed by atoms with van der Waals surface area (Å²) >= 11 is 1.73. The molecule has 2 aromatic heterocycles. The summed E-state index contributed by atoms with van der Waals surface area (Å²) in [6.45, 7) is 2.12. The standard InChI is InChI=1S/C16H15N3S/c1-10-9-13-15(17-12-7-8-12)18-14(19-16(13)20-10)11-5-3-2-4-6-11/h2-6,9,12H,7-8H2,1H3,(H,17,18,19). The summed E-state index contributed by atoms with van der Waals surface area (Å²) in [6.07, 6.45) is 2.49. The minimum absolute atomic E-state index is 0.594. The third-order valence-corrected chi connectivity index (χ3v) is 4.41. The zero-order valence-electron chi connectivity index (χ0n) is 11.3. The smallest absolute Gasteiger partial charge is 0.163 e. The number of thiophene rings is 1. The van der Waals surface area contributed by atoms with Gasteiger partial charge in [0.25, 0.3) is 0 Å². The topological polar surface area (TPSA) is 37.8 Å². The van der Waals surface area contributed by atoms with Crippen molar-refractivity contribution in [2.45, 2.75) is 25.8 Å². The Bertz CT molecular complexity index is 760. The lowest BCUT2D eigenvalue weighted by Crippen LogP contribution is -2.04. The Labute approximate surface area is 121 Å². The van der Waals surface area contributed by atoms with E-state index >= 15 is 0 Å². The number of hydrogen-bond acceptors (Lipinski definition) is 4. The fourth-order valence-electron chi connectivity index (χ4n) is 2.29. The fourth-order valence-corrected chi connectivity index (χ4v) is 3.17. The molecule has 1 N–H and O–H groups in total. The van der Waals surface area contributed by atoms with Crippen LogP contribution < -0.4 is 5.32 Å². The first-order valence-electron chi connectivity index (χ1n) is 6.90. The van der Waals surface area contributed by atoms with Gasteiger partial charge in [-0.3, -0.25) is 0 Å². The molecule has 1 fully saturated rings. The molecule has 4 heteroatoms. The maximum absolute atomic E-state index is 4.75. The van der Waals surface area contributed by atoms with Crippen LogP contribution in [0.2, 0.25) is 0 Å². The second-order valence-electron chi connectivity index (χ2n) is 5.26. The van der Waals surface area contributed by atoms with Gasteiger partial charge in [0.2, 0.25) is 0 Å². The Kier molecular flexibility index (Phi) is 2.70. The lowest BCUT2D eigenvalue weighted by molar-refractivity contribution is 1.11. The van der Waals surface area contributed by atoms with Crippen LogP contribution in [-0.4, -0.2) is 16.0 Å². The number of aromatic nitrogens is 2. The highest BCUT2D eigenvalue weighted by Crippen LogP contribution is 2.33. The van der Waals surface area contributed by atoms with E-state index in [9.17, 15) is 0 Å². The van der Waals surface area contributed by atoms with Crippen molar-refractivity contribution in [1.82, 2.24) is 9.97 Å². The van der Waals surface area contributed by atoms with E-state index in [0.29, 0.717) is 6.04 Å². The Hall–Kier alpha value is -1.94. The van der Waals surface area contributed by atoms with E-state index in [0.717, 1.165) is 27.4 Å². The van der Waals surface area contributed by atoms with E-state index in [1.54, 1.807) is 11.3 Å². The predicted octanol–water partition coefficient (Wildman–Crippen LogP) is 4.24. The first-order valence-corrected chi connectivity index (χ1v) is 7.71. The Morgan fingerprint density at radius 2 is 1.95 bits per heavy atom. The van der Waals surface area contributed by atoms with E-state index in [4.69, 9.17) is 9.97 Å². The van der Waals surface area contributed by atoms with Crippen molar-refractivity contribution < 1.29 is 0 Å². The normalized spacial score (nSPS) is 14.7. The average Bonchev–Trinajstić information content (AvgIpc) is 3.19. The lowest BCUT2D eigenvalue weighted by atomic mass is 10.2. The highest BCUT2D eigenvalue weighted by atomic mass is 32.1. The molecule has 1 aliphatic carbocycles. The van der Waals surface area contributed by atoms with E-state index in [-0.39, 0.29) is 0 Å². The number of nitrogens with zero attached hydrogens (tertiary/aromatic N) is 2. The second kappa shape index (κ2) is 4.56. The van der Waals surface area contributed by atoms with Crippen LogP contribution in [0.1, 0.15) is 17.7 Å². The van der Waals surface area contributed by atoms with E-state index in [2.05, 4.69) is 30.4 Å².